The maximum absolute atomic E-state index is 12.6. The Morgan fingerprint density at radius 1 is 0.719 bits per heavy atom. The third-order valence-corrected chi connectivity index (χ3v) is 10.4. The van der Waals surface area contributed by atoms with Crippen molar-refractivity contribution in [2.24, 2.45) is 5.73 Å². The number of carbonyl (C=O) groups is 2. The van der Waals surface area contributed by atoms with E-state index in [2.05, 4.69) is 57.2 Å². The van der Waals surface area contributed by atoms with E-state index >= 15 is 0 Å². The minimum absolute atomic E-state index is 0.0300. The maximum atomic E-state index is 12.6. The van der Waals surface area contributed by atoms with Gasteiger partial charge < -0.3 is 29.6 Å². The Balaban J connectivity index is 2.33. The largest absolute Gasteiger partial charge is 0.472 e. The van der Waals surface area contributed by atoms with Gasteiger partial charge in [-0.1, -0.05) is 94.1 Å². The molecule has 1 aromatic rings. The summed E-state index contributed by atoms with van der Waals surface area (Å²) in [5.74, 6) is 1.32. The second-order valence-corrected chi connectivity index (χ2v) is 16.2. The molecule has 0 fully saturated rings. The van der Waals surface area contributed by atoms with E-state index in [0.717, 1.165) is 95.0 Å². The monoisotopic (exact) mass is 822 g/mol. The second kappa shape index (κ2) is 34.1. The van der Waals surface area contributed by atoms with Crippen molar-refractivity contribution < 1.29 is 47.1 Å². The quantitative estimate of drug-likeness (QED) is 0.0255. The van der Waals surface area contributed by atoms with Crippen LogP contribution in [0.4, 0.5) is 0 Å². The molecule has 0 amide bonds. The molecule has 12 heteroatoms. The number of phosphoric acid groups is 1. The number of aliphatic hydroxyl groups is 1. The Hall–Kier alpha value is -2.79. The summed E-state index contributed by atoms with van der Waals surface area (Å²) in [4.78, 5) is 35.0. The van der Waals surface area contributed by atoms with Crippen molar-refractivity contribution in [3.63, 3.8) is 0 Å². The van der Waals surface area contributed by atoms with Crippen LogP contribution < -0.4 is 5.73 Å². The highest BCUT2D eigenvalue weighted by molar-refractivity contribution is 7.47. The normalized spacial score (nSPS) is 14.3. The minimum atomic E-state index is -4.42. The van der Waals surface area contributed by atoms with Crippen LogP contribution >= 0.6 is 7.82 Å². The molecule has 1 aromatic heterocycles. The number of carbonyl (C=O) groups excluding carboxylic acids is 2. The van der Waals surface area contributed by atoms with Crippen LogP contribution in [0.15, 0.2) is 53.0 Å². The molecule has 4 N–H and O–H groups in total. The number of furan rings is 1. The van der Waals surface area contributed by atoms with Crippen LogP contribution in [0.1, 0.15) is 158 Å². The third kappa shape index (κ3) is 29.1. The summed E-state index contributed by atoms with van der Waals surface area (Å²) < 4.78 is 39.0. The van der Waals surface area contributed by atoms with Gasteiger partial charge in [-0.25, -0.2) is 4.57 Å². The van der Waals surface area contributed by atoms with Crippen LogP contribution in [0.5, 0.6) is 0 Å². The van der Waals surface area contributed by atoms with E-state index in [0.29, 0.717) is 19.3 Å². The topological polar surface area (TPSA) is 168 Å². The molecule has 326 valence electrons. The van der Waals surface area contributed by atoms with Gasteiger partial charge in [0.1, 0.15) is 18.1 Å². The fraction of sp³-hybridized carbons (Fsp3) is 0.689. The lowest BCUT2D eigenvalue weighted by Crippen LogP contribution is -2.29. The lowest BCUT2D eigenvalue weighted by atomic mass is 10.0. The predicted octanol–water partition coefficient (Wildman–Crippen LogP) is 10.6. The number of hydrogen-bond donors (Lipinski definition) is 3. The van der Waals surface area contributed by atoms with Crippen LogP contribution in [0.2, 0.25) is 0 Å². The predicted molar refractivity (Wildman–Crippen MR) is 229 cm³/mol. The maximum Gasteiger partial charge on any atom is 0.472 e. The summed E-state index contributed by atoms with van der Waals surface area (Å²) in [6, 6.07) is 0. The first kappa shape index (κ1) is 52.2. The zero-order valence-corrected chi connectivity index (χ0v) is 36.5. The van der Waals surface area contributed by atoms with Crippen LogP contribution in [0.3, 0.4) is 0 Å². The summed E-state index contributed by atoms with van der Waals surface area (Å²) in [7, 11) is -4.42. The Labute approximate surface area is 344 Å². The highest BCUT2D eigenvalue weighted by Crippen LogP contribution is 2.43. The Morgan fingerprint density at radius 2 is 1.25 bits per heavy atom. The van der Waals surface area contributed by atoms with Gasteiger partial charge in [-0.2, -0.15) is 0 Å². The average molecular weight is 822 g/mol. The van der Waals surface area contributed by atoms with Crippen molar-refractivity contribution >= 4 is 19.8 Å². The lowest BCUT2D eigenvalue weighted by molar-refractivity contribution is -0.161. The summed E-state index contributed by atoms with van der Waals surface area (Å²) in [6.07, 6.45) is 34.0. The van der Waals surface area contributed by atoms with Crippen molar-refractivity contribution in [2.75, 3.05) is 26.4 Å². The number of aryl methyl sites for hydroxylation is 2. The molecule has 1 heterocycles. The number of phosphoric ester groups is 1. The van der Waals surface area contributed by atoms with Gasteiger partial charge in [0.25, 0.3) is 0 Å². The van der Waals surface area contributed by atoms with Crippen molar-refractivity contribution in [1.82, 2.24) is 0 Å². The molecule has 57 heavy (non-hydrogen) atoms. The molecule has 0 bridgehead atoms. The number of nitrogens with two attached hydrogens (primary N) is 1. The number of rotatable bonds is 36. The first-order valence-electron chi connectivity index (χ1n) is 21.5. The summed E-state index contributed by atoms with van der Waals surface area (Å²) in [5, 5.41) is 9.27. The summed E-state index contributed by atoms with van der Waals surface area (Å²) in [5.41, 5.74) is 7.94. The van der Waals surface area contributed by atoms with E-state index in [9.17, 15) is 24.2 Å². The van der Waals surface area contributed by atoms with Crippen molar-refractivity contribution in [3.8, 4) is 0 Å². The Bertz CT molecular complexity index is 1370. The molecular weight excluding hydrogens is 745 g/mol. The molecule has 0 saturated heterocycles. The van der Waals surface area contributed by atoms with E-state index < -0.39 is 32.5 Å². The first-order chi connectivity index (χ1) is 27.5. The van der Waals surface area contributed by atoms with Gasteiger partial charge in [-0.3, -0.25) is 18.6 Å². The number of esters is 2. The molecule has 0 aliphatic heterocycles. The van der Waals surface area contributed by atoms with Gasteiger partial charge in [0, 0.05) is 32.2 Å². The molecule has 1 rings (SSSR count). The van der Waals surface area contributed by atoms with Gasteiger partial charge >= 0.3 is 19.8 Å². The smallest absolute Gasteiger partial charge is 0.466 e. The highest BCUT2D eigenvalue weighted by atomic mass is 31.2. The SMILES string of the molecule is CCCCCc1oc(CCCCCCCCC(=O)OC[C@H](COP(=O)(O)OCCN)OC(=O)CCC/C=C\C/C=C\C/C=C\C/C=C\CCC[C@H](C)O)c(C)c1C. The van der Waals surface area contributed by atoms with E-state index in [1.54, 1.807) is 0 Å². The molecule has 0 spiro atoms. The highest BCUT2D eigenvalue weighted by Gasteiger charge is 2.26. The fourth-order valence-corrected chi connectivity index (χ4v) is 6.71. The number of ether oxygens (including phenoxy) is 2. The number of allylic oxidation sites excluding steroid dienone is 8. The van der Waals surface area contributed by atoms with Crippen LogP contribution in [-0.4, -0.2) is 60.5 Å². The number of unbranched alkanes of at least 4 members (excludes halogenated alkanes) is 9. The van der Waals surface area contributed by atoms with Gasteiger partial charge in [0.2, 0.25) is 0 Å². The van der Waals surface area contributed by atoms with Gasteiger partial charge in [-0.05, 0) is 103 Å². The molecule has 11 nitrogen and oxygen atoms in total. The lowest BCUT2D eigenvalue weighted by Gasteiger charge is -2.19. The van der Waals surface area contributed by atoms with Crippen LogP contribution in [-0.2, 0) is 45.5 Å². The molecule has 0 aliphatic carbocycles. The van der Waals surface area contributed by atoms with Crippen LogP contribution in [0, 0.1) is 13.8 Å². The zero-order valence-electron chi connectivity index (χ0n) is 35.6. The molecule has 0 aliphatic rings. The summed E-state index contributed by atoms with van der Waals surface area (Å²) in [6.45, 7) is 7.43. The number of aliphatic hydroxyl groups excluding tert-OH is 1. The molecule has 1 unspecified atom stereocenters. The minimum Gasteiger partial charge on any atom is -0.466 e. The van der Waals surface area contributed by atoms with Crippen molar-refractivity contribution in [1.29, 1.82) is 0 Å². The third-order valence-electron chi connectivity index (χ3n) is 9.44. The number of hydrogen-bond acceptors (Lipinski definition) is 10. The first-order valence-corrected chi connectivity index (χ1v) is 23.0. The second-order valence-electron chi connectivity index (χ2n) is 14.7. The van der Waals surface area contributed by atoms with Gasteiger partial charge in [0.15, 0.2) is 6.10 Å². The molecular formula is C45H76NO10P. The van der Waals surface area contributed by atoms with E-state index in [-0.39, 0.29) is 38.7 Å². The molecule has 3 atom stereocenters. The van der Waals surface area contributed by atoms with E-state index in [1.807, 2.05) is 19.1 Å². The molecule has 0 aromatic carbocycles. The average Bonchev–Trinajstić information content (AvgIpc) is 3.45. The Kier molecular flexibility index (Phi) is 31.3. The molecule has 0 radical (unpaired) electrons. The van der Waals surface area contributed by atoms with Gasteiger partial charge in [0.05, 0.1) is 19.3 Å². The Morgan fingerprint density at radius 3 is 1.82 bits per heavy atom. The van der Waals surface area contributed by atoms with Crippen LogP contribution in [0.25, 0.3) is 0 Å². The zero-order chi connectivity index (χ0) is 42.0. The van der Waals surface area contributed by atoms with Gasteiger partial charge in [-0.15, -0.1) is 0 Å². The van der Waals surface area contributed by atoms with E-state index in [1.165, 1.54) is 30.4 Å². The van der Waals surface area contributed by atoms with E-state index in [4.69, 9.17) is 28.7 Å². The molecule has 0 saturated carbocycles. The van der Waals surface area contributed by atoms with Crippen molar-refractivity contribution in [3.05, 3.63) is 71.3 Å². The fourth-order valence-electron chi connectivity index (χ4n) is 5.94. The summed E-state index contributed by atoms with van der Waals surface area (Å²) >= 11 is 0. The van der Waals surface area contributed by atoms with Crippen molar-refractivity contribution in [2.45, 2.75) is 175 Å². The standard InChI is InChI=1S/C45H76NO10P/c1-5-6-24-30-42-39(3)40(4)43(56-42)31-26-21-18-19-22-27-32-44(48)52-36-41(37-54-57(50,51)53-35-34-46)55-45(49)33-28-23-17-15-13-11-9-7-8-10-12-14-16-20-25-29-38(2)47/h8-11,14-17,38,41,47H,5-7,12-13,18-37,46H2,1-4H3,(H,50,51)/b10-8-,11-9-,16-14-,17-15-/t38-,41+/m0/s1.